The lowest BCUT2D eigenvalue weighted by molar-refractivity contribution is -0.163. The minimum Gasteiger partial charge on any atom is -0.370 e. The molecule has 0 spiro atoms. The third-order valence-electron chi connectivity index (χ3n) is 3.18. The van der Waals surface area contributed by atoms with Crippen molar-refractivity contribution in [2.75, 3.05) is 11.9 Å². The van der Waals surface area contributed by atoms with Crippen LogP contribution in [0.1, 0.15) is 36.7 Å². The number of carbonyl (C=O) groups excluding carboxylic acids is 1. The van der Waals surface area contributed by atoms with E-state index in [1.807, 2.05) is 6.92 Å². The second kappa shape index (κ2) is 5.30. The van der Waals surface area contributed by atoms with Crippen LogP contribution in [0, 0.1) is 0 Å². The number of aromatic nitrogens is 1. The van der Waals surface area contributed by atoms with Crippen molar-refractivity contribution in [2.45, 2.75) is 37.9 Å². The Morgan fingerprint density at radius 2 is 2.10 bits per heavy atom. The smallest absolute Gasteiger partial charge is 0.370 e. The second-order valence-corrected chi connectivity index (χ2v) is 4.87. The molecule has 1 fully saturated rings. The van der Waals surface area contributed by atoms with Crippen molar-refractivity contribution in [2.24, 2.45) is 0 Å². The first-order valence-corrected chi connectivity index (χ1v) is 6.48. The van der Waals surface area contributed by atoms with Crippen LogP contribution in [-0.2, 0) is 0 Å². The summed E-state index contributed by atoms with van der Waals surface area (Å²) in [5.41, 5.74) is -2.07. The summed E-state index contributed by atoms with van der Waals surface area (Å²) in [5, 5.41) is 5.04. The summed E-state index contributed by atoms with van der Waals surface area (Å²) in [7, 11) is 0. The highest BCUT2D eigenvalue weighted by atomic mass is 19.4. The molecule has 1 aromatic heterocycles. The maximum Gasteiger partial charge on any atom is 0.411 e. The SMILES string of the molecule is CCCNc1cccc(C(=O)NC2(C(F)(F)F)CC2)n1. The molecule has 1 aliphatic carbocycles. The van der Waals surface area contributed by atoms with Gasteiger partial charge in [-0.1, -0.05) is 13.0 Å². The number of amides is 1. The predicted octanol–water partition coefficient (Wildman–Crippen LogP) is 2.73. The molecule has 1 saturated carbocycles. The van der Waals surface area contributed by atoms with Gasteiger partial charge in [-0.05, 0) is 31.4 Å². The molecule has 0 aromatic carbocycles. The second-order valence-electron chi connectivity index (χ2n) is 4.87. The summed E-state index contributed by atoms with van der Waals surface area (Å²) in [6.07, 6.45) is -3.68. The molecule has 2 rings (SSSR count). The Hall–Kier alpha value is -1.79. The number of hydrogen-bond acceptors (Lipinski definition) is 3. The molecule has 7 heteroatoms. The highest BCUT2D eigenvalue weighted by Crippen LogP contribution is 2.48. The lowest BCUT2D eigenvalue weighted by Crippen LogP contribution is -2.48. The van der Waals surface area contributed by atoms with Gasteiger partial charge in [0.1, 0.15) is 17.1 Å². The Kier molecular flexibility index (Phi) is 3.87. The Labute approximate surface area is 114 Å². The Balaban J connectivity index is 2.06. The standard InChI is InChI=1S/C13H16F3N3O/c1-2-8-17-10-5-3-4-9(18-10)11(20)19-12(6-7-12)13(14,15)16/h3-5H,2,6-8H2,1H3,(H,17,18)(H,19,20). The summed E-state index contributed by atoms with van der Waals surface area (Å²) in [5.74, 6) is -0.309. The highest BCUT2D eigenvalue weighted by molar-refractivity contribution is 5.93. The zero-order valence-electron chi connectivity index (χ0n) is 11.0. The number of carbonyl (C=O) groups is 1. The van der Waals surface area contributed by atoms with Gasteiger partial charge in [-0.25, -0.2) is 4.98 Å². The number of rotatable bonds is 5. The van der Waals surface area contributed by atoms with Crippen LogP contribution in [0.4, 0.5) is 19.0 Å². The summed E-state index contributed by atoms with van der Waals surface area (Å²) >= 11 is 0. The maximum absolute atomic E-state index is 12.8. The lowest BCUT2D eigenvalue weighted by atomic mass is 10.2. The van der Waals surface area contributed by atoms with E-state index in [0.29, 0.717) is 12.4 Å². The number of hydrogen-bond donors (Lipinski definition) is 2. The van der Waals surface area contributed by atoms with E-state index >= 15 is 0 Å². The average molecular weight is 287 g/mol. The maximum atomic E-state index is 12.8. The fourth-order valence-corrected chi connectivity index (χ4v) is 1.80. The van der Waals surface area contributed by atoms with Crippen LogP contribution in [0.5, 0.6) is 0 Å². The first kappa shape index (κ1) is 14.6. The molecule has 1 heterocycles. The number of nitrogens with zero attached hydrogens (tertiary/aromatic N) is 1. The quantitative estimate of drug-likeness (QED) is 0.875. The number of anilines is 1. The van der Waals surface area contributed by atoms with E-state index in [-0.39, 0.29) is 18.5 Å². The van der Waals surface area contributed by atoms with Crippen molar-refractivity contribution in [3.63, 3.8) is 0 Å². The summed E-state index contributed by atoms with van der Waals surface area (Å²) in [6.45, 7) is 2.66. The zero-order valence-corrected chi connectivity index (χ0v) is 11.0. The summed E-state index contributed by atoms with van der Waals surface area (Å²) in [4.78, 5) is 15.9. The molecule has 0 aliphatic heterocycles. The molecule has 0 radical (unpaired) electrons. The van der Waals surface area contributed by atoms with E-state index in [2.05, 4.69) is 15.6 Å². The molecule has 0 unspecified atom stereocenters. The van der Waals surface area contributed by atoms with E-state index in [9.17, 15) is 18.0 Å². The first-order valence-electron chi connectivity index (χ1n) is 6.48. The molecule has 4 nitrogen and oxygen atoms in total. The van der Waals surface area contributed by atoms with Crippen LogP contribution in [0.15, 0.2) is 18.2 Å². The average Bonchev–Trinajstić information content (AvgIpc) is 3.17. The van der Waals surface area contributed by atoms with Crippen LogP contribution in [0.3, 0.4) is 0 Å². The molecule has 1 aromatic rings. The molecular weight excluding hydrogens is 271 g/mol. The fourth-order valence-electron chi connectivity index (χ4n) is 1.80. The number of nitrogens with one attached hydrogen (secondary N) is 2. The molecule has 0 atom stereocenters. The highest BCUT2D eigenvalue weighted by Gasteiger charge is 2.64. The van der Waals surface area contributed by atoms with Crippen LogP contribution in [0.25, 0.3) is 0 Å². The van der Waals surface area contributed by atoms with Crippen molar-refractivity contribution in [1.82, 2.24) is 10.3 Å². The van der Waals surface area contributed by atoms with E-state index in [0.717, 1.165) is 6.42 Å². The van der Waals surface area contributed by atoms with Crippen LogP contribution in [-0.4, -0.2) is 29.2 Å². The molecule has 0 saturated heterocycles. The molecule has 20 heavy (non-hydrogen) atoms. The fraction of sp³-hybridized carbons (Fsp3) is 0.538. The Morgan fingerprint density at radius 1 is 1.40 bits per heavy atom. The van der Waals surface area contributed by atoms with Gasteiger partial charge in [0.2, 0.25) is 0 Å². The number of pyridine rings is 1. The monoisotopic (exact) mass is 287 g/mol. The third-order valence-corrected chi connectivity index (χ3v) is 3.18. The van der Waals surface area contributed by atoms with Gasteiger partial charge in [0.15, 0.2) is 0 Å². The first-order chi connectivity index (χ1) is 9.38. The van der Waals surface area contributed by atoms with Crippen molar-refractivity contribution < 1.29 is 18.0 Å². The minimum absolute atomic E-state index is 0.0124. The van der Waals surface area contributed by atoms with Crippen LogP contribution >= 0.6 is 0 Å². The van der Waals surface area contributed by atoms with Crippen molar-refractivity contribution in [3.8, 4) is 0 Å². The summed E-state index contributed by atoms with van der Waals surface area (Å²) < 4.78 is 38.3. The third kappa shape index (κ3) is 3.02. The van der Waals surface area contributed by atoms with E-state index < -0.39 is 17.6 Å². The normalized spacial score (nSPS) is 16.6. The van der Waals surface area contributed by atoms with Gasteiger partial charge in [0.05, 0.1) is 0 Å². The number of alkyl halides is 3. The van der Waals surface area contributed by atoms with Crippen molar-refractivity contribution >= 4 is 11.7 Å². The molecular formula is C13H16F3N3O. The lowest BCUT2D eigenvalue weighted by Gasteiger charge is -2.20. The van der Waals surface area contributed by atoms with Gasteiger partial charge >= 0.3 is 6.18 Å². The van der Waals surface area contributed by atoms with Gasteiger partial charge in [0, 0.05) is 6.54 Å². The van der Waals surface area contributed by atoms with Gasteiger partial charge in [-0.15, -0.1) is 0 Å². The molecule has 110 valence electrons. The molecule has 2 N–H and O–H groups in total. The van der Waals surface area contributed by atoms with Gasteiger partial charge in [-0.2, -0.15) is 13.2 Å². The number of halogens is 3. The van der Waals surface area contributed by atoms with Crippen molar-refractivity contribution in [3.05, 3.63) is 23.9 Å². The Bertz CT molecular complexity index is 498. The van der Waals surface area contributed by atoms with Gasteiger partial charge < -0.3 is 10.6 Å². The minimum atomic E-state index is -4.42. The van der Waals surface area contributed by atoms with Gasteiger partial charge in [0.25, 0.3) is 5.91 Å². The van der Waals surface area contributed by atoms with Crippen LogP contribution < -0.4 is 10.6 Å². The largest absolute Gasteiger partial charge is 0.411 e. The van der Waals surface area contributed by atoms with E-state index in [4.69, 9.17) is 0 Å². The van der Waals surface area contributed by atoms with Gasteiger partial charge in [-0.3, -0.25) is 4.79 Å². The topological polar surface area (TPSA) is 54.0 Å². The van der Waals surface area contributed by atoms with Crippen molar-refractivity contribution in [1.29, 1.82) is 0 Å². The predicted molar refractivity (Wildman–Crippen MR) is 68.5 cm³/mol. The zero-order chi connectivity index (χ0) is 14.8. The Morgan fingerprint density at radius 3 is 2.65 bits per heavy atom. The molecule has 1 amide bonds. The molecule has 1 aliphatic rings. The van der Waals surface area contributed by atoms with E-state index in [1.165, 1.54) is 6.07 Å². The molecule has 0 bridgehead atoms. The van der Waals surface area contributed by atoms with Crippen LogP contribution in [0.2, 0.25) is 0 Å². The summed E-state index contributed by atoms with van der Waals surface area (Å²) in [6, 6.07) is 4.66. The van der Waals surface area contributed by atoms with E-state index in [1.54, 1.807) is 12.1 Å².